The number of carbonyl (C=O) groups excluding carboxylic acids is 1. The molecular formula is C26H24ClN3O4S. The molecular weight excluding hydrogens is 486 g/mol. The Balaban J connectivity index is 1.38. The van der Waals surface area contributed by atoms with Crippen molar-refractivity contribution in [2.24, 2.45) is 0 Å². The molecule has 0 bridgehead atoms. The molecule has 180 valence electrons. The van der Waals surface area contributed by atoms with Crippen LogP contribution in [0.5, 0.6) is 5.75 Å². The number of carbonyl (C=O) groups is 1. The number of hydrogen-bond donors (Lipinski definition) is 0. The van der Waals surface area contributed by atoms with Crippen LogP contribution in [0.4, 0.5) is 0 Å². The molecule has 1 amide bonds. The van der Waals surface area contributed by atoms with Gasteiger partial charge in [0, 0.05) is 25.5 Å². The lowest BCUT2D eigenvalue weighted by molar-refractivity contribution is -0.131. The van der Waals surface area contributed by atoms with Gasteiger partial charge in [-0.25, -0.2) is 13.4 Å². The third-order valence-electron chi connectivity index (χ3n) is 6.55. The highest BCUT2D eigenvalue weighted by Crippen LogP contribution is 2.29. The second-order valence-corrected chi connectivity index (χ2v) is 11.0. The molecule has 1 aliphatic rings. The summed E-state index contributed by atoms with van der Waals surface area (Å²) in [5.74, 6) is 0.436. The zero-order valence-corrected chi connectivity index (χ0v) is 20.9. The molecule has 1 saturated heterocycles. The Kier molecular flexibility index (Phi) is 6.13. The molecule has 7 nitrogen and oxygen atoms in total. The highest BCUT2D eigenvalue weighted by atomic mass is 35.5. The molecule has 1 aliphatic heterocycles. The molecule has 0 N–H and O–H groups in total. The summed E-state index contributed by atoms with van der Waals surface area (Å²) in [7, 11) is -0.842. The van der Waals surface area contributed by atoms with Gasteiger partial charge in [-0.1, -0.05) is 35.9 Å². The lowest BCUT2D eigenvalue weighted by Gasteiger charge is -2.24. The SMILES string of the molecule is COc1ccc2ccc(S(=O)(=O)N(C)[C@H]3CCN(Cc4cccc5nc(Cl)ccc45)C3=O)cc2c1. The van der Waals surface area contributed by atoms with E-state index < -0.39 is 16.1 Å². The first-order valence-electron chi connectivity index (χ1n) is 11.2. The summed E-state index contributed by atoms with van der Waals surface area (Å²) < 4.78 is 33.3. The smallest absolute Gasteiger partial charge is 0.243 e. The van der Waals surface area contributed by atoms with Crippen molar-refractivity contribution in [3.05, 3.63) is 77.4 Å². The quantitative estimate of drug-likeness (QED) is 0.358. The average molecular weight is 510 g/mol. The monoisotopic (exact) mass is 509 g/mol. The molecule has 0 unspecified atom stereocenters. The summed E-state index contributed by atoms with van der Waals surface area (Å²) in [5.41, 5.74) is 1.69. The van der Waals surface area contributed by atoms with Crippen LogP contribution in [0.15, 0.2) is 71.6 Å². The molecule has 3 aromatic carbocycles. The number of halogens is 1. The number of methoxy groups -OCH3 is 1. The summed E-state index contributed by atoms with van der Waals surface area (Å²) in [5, 5.41) is 2.98. The van der Waals surface area contributed by atoms with Gasteiger partial charge in [-0.15, -0.1) is 0 Å². The number of nitrogens with zero attached hydrogens (tertiary/aromatic N) is 3. The van der Waals surface area contributed by atoms with Crippen molar-refractivity contribution >= 4 is 49.2 Å². The number of likely N-dealkylation sites (tertiary alicyclic amines) is 1. The van der Waals surface area contributed by atoms with E-state index in [-0.39, 0.29) is 10.8 Å². The Morgan fingerprint density at radius 2 is 1.89 bits per heavy atom. The molecule has 1 aromatic heterocycles. The van der Waals surface area contributed by atoms with Gasteiger partial charge < -0.3 is 9.64 Å². The molecule has 9 heteroatoms. The summed E-state index contributed by atoms with van der Waals surface area (Å²) in [6.07, 6.45) is 0.421. The van der Waals surface area contributed by atoms with Crippen LogP contribution in [0, 0.1) is 0 Å². The van der Waals surface area contributed by atoms with Crippen LogP contribution < -0.4 is 4.74 Å². The molecule has 2 heterocycles. The van der Waals surface area contributed by atoms with E-state index in [1.54, 1.807) is 42.3 Å². The molecule has 0 spiro atoms. The van der Waals surface area contributed by atoms with Gasteiger partial charge in [0.05, 0.1) is 17.5 Å². The molecule has 0 radical (unpaired) electrons. The van der Waals surface area contributed by atoms with Crippen molar-refractivity contribution in [2.75, 3.05) is 20.7 Å². The van der Waals surface area contributed by atoms with Crippen molar-refractivity contribution in [3.8, 4) is 5.75 Å². The molecule has 0 saturated carbocycles. The number of rotatable bonds is 6. The second kappa shape index (κ2) is 9.11. The number of pyridine rings is 1. The van der Waals surface area contributed by atoms with Crippen LogP contribution in [0.1, 0.15) is 12.0 Å². The third kappa shape index (κ3) is 4.33. The first-order valence-corrected chi connectivity index (χ1v) is 13.0. The average Bonchev–Trinajstić information content (AvgIpc) is 3.22. The molecule has 0 aliphatic carbocycles. The van der Waals surface area contributed by atoms with Crippen molar-refractivity contribution < 1.29 is 17.9 Å². The number of ether oxygens (including phenoxy) is 1. The largest absolute Gasteiger partial charge is 0.497 e. The number of hydrogen-bond acceptors (Lipinski definition) is 5. The lowest BCUT2D eigenvalue weighted by Crippen LogP contribution is -2.42. The first kappa shape index (κ1) is 23.5. The van der Waals surface area contributed by atoms with E-state index in [2.05, 4.69) is 4.98 Å². The number of aromatic nitrogens is 1. The number of fused-ring (bicyclic) bond motifs is 2. The molecule has 1 atom stereocenters. The van der Waals surface area contributed by atoms with E-state index in [9.17, 15) is 13.2 Å². The Morgan fingerprint density at radius 1 is 1.09 bits per heavy atom. The Morgan fingerprint density at radius 3 is 2.69 bits per heavy atom. The van der Waals surface area contributed by atoms with Crippen LogP contribution in [-0.4, -0.2) is 55.3 Å². The van der Waals surface area contributed by atoms with Gasteiger partial charge in [0.25, 0.3) is 0 Å². The maximum Gasteiger partial charge on any atom is 0.243 e. The molecule has 4 aromatic rings. The van der Waals surface area contributed by atoms with Gasteiger partial charge in [-0.3, -0.25) is 4.79 Å². The maximum atomic E-state index is 13.4. The van der Waals surface area contributed by atoms with Crippen molar-refractivity contribution in [3.63, 3.8) is 0 Å². The standard InChI is InChI=1S/C26H24ClN3O4S/c1-29(35(32,33)21-9-7-17-6-8-20(34-2)14-19(17)15-21)24-12-13-30(26(24)31)16-18-4-3-5-23-22(18)10-11-25(27)28-23/h3-11,14-15,24H,12-13,16H2,1-2H3/t24-/m0/s1. The summed E-state index contributed by atoms with van der Waals surface area (Å²) in [6, 6.07) is 19.0. The number of sulfonamides is 1. The van der Waals surface area contributed by atoms with Crippen molar-refractivity contribution in [1.82, 2.24) is 14.2 Å². The van der Waals surface area contributed by atoms with Gasteiger partial charge in [0.2, 0.25) is 15.9 Å². The normalized spacial score (nSPS) is 16.5. The number of benzene rings is 3. The minimum absolute atomic E-state index is 0.143. The highest BCUT2D eigenvalue weighted by molar-refractivity contribution is 7.89. The maximum absolute atomic E-state index is 13.4. The van der Waals surface area contributed by atoms with E-state index in [1.807, 2.05) is 36.4 Å². The van der Waals surface area contributed by atoms with Gasteiger partial charge in [0.1, 0.15) is 16.9 Å². The number of likely N-dealkylation sites (N-methyl/N-ethyl adjacent to an activating group) is 1. The fourth-order valence-corrected chi connectivity index (χ4v) is 6.11. The zero-order valence-electron chi connectivity index (χ0n) is 19.3. The first-order chi connectivity index (χ1) is 16.8. The van der Waals surface area contributed by atoms with E-state index in [4.69, 9.17) is 16.3 Å². The van der Waals surface area contributed by atoms with Crippen molar-refractivity contribution in [1.29, 1.82) is 0 Å². The van der Waals surface area contributed by atoms with Gasteiger partial charge in [0.15, 0.2) is 0 Å². The summed E-state index contributed by atoms with van der Waals surface area (Å²) in [6.45, 7) is 0.843. The predicted molar refractivity (Wildman–Crippen MR) is 136 cm³/mol. The van der Waals surface area contributed by atoms with Crippen LogP contribution in [-0.2, 0) is 21.4 Å². The zero-order chi connectivity index (χ0) is 24.7. The fourth-order valence-electron chi connectivity index (χ4n) is 4.58. The van der Waals surface area contributed by atoms with Crippen molar-refractivity contribution in [2.45, 2.75) is 23.9 Å². The Hall–Kier alpha value is -3.20. The van der Waals surface area contributed by atoms with Crippen LogP contribution in [0.2, 0.25) is 5.15 Å². The molecule has 5 rings (SSSR count). The van der Waals surface area contributed by atoms with E-state index in [0.29, 0.717) is 30.4 Å². The van der Waals surface area contributed by atoms with E-state index >= 15 is 0 Å². The minimum atomic E-state index is -3.88. The van der Waals surface area contributed by atoms with E-state index in [1.165, 1.54) is 11.4 Å². The minimum Gasteiger partial charge on any atom is -0.497 e. The third-order valence-corrected chi connectivity index (χ3v) is 8.63. The number of amides is 1. The topological polar surface area (TPSA) is 79.8 Å². The van der Waals surface area contributed by atoms with Crippen LogP contribution in [0.3, 0.4) is 0 Å². The van der Waals surface area contributed by atoms with Crippen LogP contribution in [0.25, 0.3) is 21.7 Å². The van der Waals surface area contributed by atoms with Crippen LogP contribution >= 0.6 is 11.6 Å². The second-order valence-electron chi connectivity index (χ2n) is 8.58. The predicted octanol–water partition coefficient (Wildman–Crippen LogP) is 4.47. The van der Waals surface area contributed by atoms with Gasteiger partial charge in [-0.2, -0.15) is 4.31 Å². The summed E-state index contributed by atoms with van der Waals surface area (Å²) in [4.78, 5) is 19.5. The lowest BCUT2D eigenvalue weighted by atomic mass is 10.1. The van der Waals surface area contributed by atoms with Gasteiger partial charge in [-0.05, 0) is 65.2 Å². The molecule has 1 fully saturated rings. The Bertz CT molecular complexity index is 1560. The molecule has 35 heavy (non-hydrogen) atoms. The fraction of sp³-hybridized carbons (Fsp3) is 0.231. The van der Waals surface area contributed by atoms with Gasteiger partial charge >= 0.3 is 0 Å². The summed E-state index contributed by atoms with van der Waals surface area (Å²) >= 11 is 6.01. The van der Waals surface area contributed by atoms with E-state index in [0.717, 1.165) is 27.2 Å². The Labute approximate surface area is 208 Å². The highest BCUT2D eigenvalue weighted by Gasteiger charge is 2.39.